The molecule has 0 saturated heterocycles. The van der Waals surface area contributed by atoms with E-state index < -0.39 is 0 Å². The average Bonchev–Trinajstić information content (AvgIpc) is 3.27. The summed E-state index contributed by atoms with van der Waals surface area (Å²) in [6.07, 6.45) is 1.76. The van der Waals surface area contributed by atoms with E-state index >= 15 is 0 Å². The summed E-state index contributed by atoms with van der Waals surface area (Å²) in [6, 6.07) is 7.20. The Kier molecular flexibility index (Phi) is 4.38. The molecule has 2 aromatic heterocycles. The number of aryl methyl sites for hydroxylation is 1. The van der Waals surface area contributed by atoms with Crippen molar-refractivity contribution in [1.29, 1.82) is 0 Å². The van der Waals surface area contributed by atoms with Gasteiger partial charge in [-0.2, -0.15) is 0 Å². The van der Waals surface area contributed by atoms with Gasteiger partial charge in [-0.25, -0.2) is 4.98 Å². The predicted octanol–water partition coefficient (Wildman–Crippen LogP) is 3.58. The van der Waals surface area contributed by atoms with Gasteiger partial charge in [0.05, 0.1) is 0 Å². The van der Waals surface area contributed by atoms with Crippen LogP contribution in [-0.2, 0) is 0 Å². The highest BCUT2D eigenvalue weighted by Crippen LogP contribution is 2.33. The summed E-state index contributed by atoms with van der Waals surface area (Å²) in [5, 5.41) is 2.77. The number of aromatic nitrogens is 2. The number of ketones is 1. The molecule has 1 aliphatic heterocycles. The smallest absolute Gasteiger partial charge is 0.202 e. The fraction of sp³-hybridized carbons (Fsp3) is 0.263. The molecule has 1 aromatic carbocycles. The van der Waals surface area contributed by atoms with E-state index in [1.807, 2.05) is 29.9 Å². The molecule has 0 saturated carbocycles. The molecular weight excluding hydrogens is 352 g/mol. The van der Waals surface area contributed by atoms with Gasteiger partial charge in [-0.1, -0.05) is 0 Å². The van der Waals surface area contributed by atoms with Crippen LogP contribution < -0.4 is 14.2 Å². The molecule has 0 radical (unpaired) electrons. The summed E-state index contributed by atoms with van der Waals surface area (Å²) in [4.78, 5) is 17.0. The molecule has 0 bridgehead atoms. The largest absolute Gasteiger partial charge is 0.486 e. The van der Waals surface area contributed by atoms with Crippen molar-refractivity contribution < 1.29 is 19.0 Å². The van der Waals surface area contributed by atoms with Gasteiger partial charge in [0.25, 0.3) is 0 Å². The Balaban J connectivity index is 1.50. The van der Waals surface area contributed by atoms with E-state index in [0.717, 1.165) is 16.5 Å². The molecule has 1 aliphatic rings. The lowest BCUT2D eigenvalue weighted by molar-refractivity contribution is 0.0920. The van der Waals surface area contributed by atoms with Gasteiger partial charge in [-0.15, -0.1) is 11.3 Å². The summed E-state index contributed by atoms with van der Waals surface area (Å²) >= 11 is 1.54. The van der Waals surface area contributed by atoms with Crippen LogP contribution in [0.5, 0.6) is 17.2 Å². The summed E-state index contributed by atoms with van der Waals surface area (Å²) < 4.78 is 18.7. The van der Waals surface area contributed by atoms with Gasteiger partial charge < -0.3 is 14.2 Å². The van der Waals surface area contributed by atoms with Crippen LogP contribution in [0.25, 0.3) is 5.13 Å². The topological polar surface area (TPSA) is 62.6 Å². The zero-order valence-electron chi connectivity index (χ0n) is 14.5. The van der Waals surface area contributed by atoms with Gasteiger partial charge in [0, 0.05) is 34.6 Å². The monoisotopic (exact) mass is 370 g/mol. The third-order valence-corrected chi connectivity index (χ3v) is 4.98. The molecule has 7 heteroatoms. The van der Waals surface area contributed by atoms with E-state index in [4.69, 9.17) is 14.2 Å². The Morgan fingerprint density at radius 3 is 2.81 bits per heavy atom. The second-order valence-corrected chi connectivity index (χ2v) is 6.83. The summed E-state index contributed by atoms with van der Waals surface area (Å²) in [6.45, 7) is 4.90. The van der Waals surface area contributed by atoms with E-state index in [1.165, 1.54) is 11.3 Å². The number of hydrogen-bond donors (Lipinski definition) is 0. The van der Waals surface area contributed by atoms with Crippen molar-refractivity contribution in [3.8, 4) is 22.4 Å². The quantitative estimate of drug-likeness (QED) is 0.643. The molecule has 0 spiro atoms. The lowest BCUT2D eigenvalue weighted by Crippen LogP contribution is -2.16. The molecule has 0 amide bonds. The molecule has 0 fully saturated rings. The lowest BCUT2D eigenvalue weighted by atomic mass is 10.1. The number of Topliss-reactive ketones (excluding diaryl/α,β-unsaturated/α-hetero) is 1. The SMILES string of the molecule is Cc1cc(C(=O)COc2ccc3c(c2)OCCO3)c(C)n1-c1nccs1. The first-order valence-corrected chi connectivity index (χ1v) is 9.16. The maximum Gasteiger partial charge on any atom is 0.202 e. The van der Waals surface area contributed by atoms with Crippen LogP contribution >= 0.6 is 11.3 Å². The van der Waals surface area contributed by atoms with E-state index in [-0.39, 0.29) is 12.4 Å². The highest BCUT2D eigenvalue weighted by Gasteiger charge is 2.19. The minimum Gasteiger partial charge on any atom is -0.486 e. The van der Waals surface area contributed by atoms with Crippen LogP contribution in [-0.4, -0.2) is 35.2 Å². The molecule has 3 heterocycles. The summed E-state index contributed by atoms with van der Waals surface area (Å²) in [7, 11) is 0. The Hall–Kier alpha value is -2.80. The molecule has 26 heavy (non-hydrogen) atoms. The maximum absolute atomic E-state index is 12.7. The zero-order valence-corrected chi connectivity index (χ0v) is 15.3. The number of nitrogens with zero attached hydrogens (tertiary/aromatic N) is 2. The number of hydrogen-bond acceptors (Lipinski definition) is 6. The average molecular weight is 370 g/mol. The van der Waals surface area contributed by atoms with Crippen molar-refractivity contribution in [3.05, 3.63) is 52.8 Å². The molecule has 0 unspecified atom stereocenters. The van der Waals surface area contributed by atoms with Crippen molar-refractivity contribution in [2.75, 3.05) is 19.8 Å². The third-order valence-electron chi connectivity index (χ3n) is 4.23. The summed E-state index contributed by atoms with van der Waals surface area (Å²) in [5.74, 6) is 1.84. The first-order valence-electron chi connectivity index (χ1n) is 8.28. The van der Waals surface area contributed by atoms with Crippen molar-refractivity contribution in [2.45, 2.75) is 13.8 Å². The fourth-order valence-electron chi connectivity index (χ4n) is 3.01. The van der Waals surface area contributed by atoms with Crippen LogP contribution in [0, 0.1) is 13.8 Å². The minimum atomic E-state index is -0.0733. The normalized spacial score (nSPS) is 12.8. The molecule has 4 rings (SSSR count). The first kappa shape index (κ1) is 16.7. The first-order chi connectivity index (χ1) is 12.6. The number of thiazole rings is 1. The number of fused-ring (bicyclic) bond motifs is 1. The van der Waals surface area contributed by atoms with Gasteiger partial charge in [-0.05, 0) is 32.0 Å². The Morgan fingerprint density at radius 2 is 2.04 bits per heavy atom. The highest BCUT2D eigenvalue weighted by atomic mass is 32.1. The second-order valence-electron chi connectivity index (χ2n) is 5.95. The molecule has 0 atom stereocenters. The van der Waals surface area contributed by atoms with Crippen molar-refractivity contribution in [2.24, 2.45) is 0 Å². The van der Waals surface area contributed by atoms with Gasteiger partial charge in [0.1, 0.15) is 19.0 Å². The number of ether oxygens (including phenoxy) is 3. The van der Waals surface area contributed by atoms with Crippen LogP contribution in [0.2, 0.25) is 0 Å². The van der Waals surface area contributed by atoms with Crippen molar-refractivity contribution in [1.82, 2.24) is 9.55 Å². The maximum atomic E-state index is 12.7. The Labute approximate surface area is 155 Å². The molecule has 0 aliphatic carbocycles. The van der Waals surface area contributed by atoms with Crippen molar-refractivity contribution >= 4 is 17.1 Å². The number of carbonyl (C=O) groups excluding carboxylic acids is 1. The molecule has 0 N–H and O–H groups in total. The molecule has 3 aromatic rings. The number of carbonyl (C=O) groups is 1. The second kappa shape index (κ2) is 6.84. The number of rotatable bonds is 5. The Bertz CT molecular complexity index is 947. The van der Waals surface area contributed by atoms with E-state index in [9.17, 15) is 4.79 Å². The highest BCUT2D eigenvalue weighted by molar-refractivity contribution is 7.12. The van der Waals surface area contributed by atoms with E-state index in [1.54, 1.807) is 24.4 Å². The Morgan fingerprint density at radius 1 is 1.23 bits per heavy atom. The minimum absolute atomic E-state index is 0.0399. The van der Waals surface area contributed by atoms with Crippen LogP contribution in [0.4, 0.5) is 0 Å². The van der Waals surface area contributed by atoms with Crippen LogP contribution in [0.15, 0.2) is 35.8 Å². The summed E-state index contributed by atoms with van der Waals surface area (Å²) in [5.41, 5.74) is 2.49. The van der Waals surface area contributed by atoms with Gasteiger partial charge >= 0.3 is 0 Å². The molecule has 134 valence electrons. The van der Waals surface area contributed by atoms with Crippen LogP contribution in [0.1, 0.15) is 21.7 Å². The molecule has 6 nitrogen and oxygen atoms in total. The molecular formula is C19H18N2O4S. The fourth-order valence-corrected chi connectivity index (χ4v) is 3.76. The van der Waals surface area contributed by atoms with Gasteiger partial charge in [0.2, 0.25) is 5.78 Å². The third kappa shape index (κ3) is 3.06. The zero-order chi connectivity index (χ0) is 18.1. The lowest BCUT2D eigenvalue weighted by Gasteiger charge is -2.18. The standard InChI is InChI=1S/C19H18N2O4S/c1-12-9-15(13(2)21(12)19-20-5-8-26-19)16(22)11-25-14-3-4-17-18(10-14)24-7-6-23-17/h3-5,8-10H,6-7,11H2,1-2H3. The van der Waals surface area contributed by atoms with Gasteiger partial charge in [-0.3, -0.25) is 9.36 Å². The van der Waals surface area contributed by atoms with Gasteiger partial charge in [0.15, 0.2) is 23.2 Å². The van der Waals surface area contributed by atoms with Crippen LogP contribution in [0.3, 0.4) is 0 Å². The number of benzene rings is 1. The predicted molar refractivity (Wildman–Crippen MR) is 98.2 cm³/mol. The van der Waals surface area contributed by atoms with E-state index in [2.05, 4.69) is 4.98 Å². The van der Waals surface area contributed by atoms with Crippen molar-refractivity contribution in [3.63, 3.8) is 0 Å². The van der Waals surface area contributed by atoms with E-state index in [0.29, 0.717) is 36.0 Å².